The summed E-state index contributed by atoms with van der Waals surface area (Å²) in [7, 11) is 0. The molecule has 1 heterocycles. The minimum absolute atomic E-state index is 0.0608. The lowest BCUT2D eigenvalue weighted by Crippen LogP contribution is -2.28. The van der Waals surface area contributed by atoms with Crippen molar-refractivity contribution in [1.82, 2.24) is 5.32 Å². The number of halogens is 1. The van der Waals surface area contributed by atoms with Crippen molar-refractivity contribution in [3.8, 4) is 0 Å². The summed E-state index contributed by atoms with van der Waals surface area (Å²) >= 11 is 7.01. The van der Waals surface area contributed by atoms with Crippen LogP contribution in [-0.2, 0) is 9.59 Å². The van der Waals surface area contributed by atoms with Crippen LogP contribution in [0.5, 0.6) is 0 Å². The highest BCUT2D eigenvalue weighted by atomic mass is 35.5. The van der Waals surface area contributed by atoms with Crippen molar-refractivity contribution in [3.05, 3.63) is 65.2 Å². The Morgan fingerprint density at radius 1 is 1.19 bits per heavy atom. The van der Waals surface area contributed by atoms with Crippen LogP contribution in [0, 0.1) is 0 Å². The Morgan fingerprint density at radius 3 is 2.65 bits per heavy atom. The Balaban J connectivity index is 1.54. The van der Waals surface area contributed by atoms with Crippen molar-refractivity contribution < 1.29 is 9.59 Å². The van der Waals surface area contributed by atoms with E-state index in [0.29, 0.717) is 15.9 Å². The number of nitrogens with zero attached hydrogens (tertiary/aromatic N) is 2. The SMILES string of the molecule is O=C(C[C@@H]1S/C(=N/N=C\c2ccc(Cl)cc2)NC1=O)Nc1ccccc1. The minimum atomic E-state index is -0.525. The van der Waals surface area contributed by atoms with E-state index in [4.69, 9.17) is 11.6 Å². The Labute approximate surface area is 159 Å². The van der Waals surface area contributed by atoms with Gasteiger partial charge < -0.3 is 10.6 Å². The first kappa shape index (κ1) is 18.2. The van der Waals surface area contributed by atoms with Crippen LogP contribution in [0.2, 0.25) is 5.02 Å². The molecule has 6 nitrogen and oxygen atoms in total. The number of carbonyl (C=O) groups excluding carboxylic acids is 2. The predicted octanol–water partition coefficient (Wildman–Crippen LogP) is 3.29. The zero-order valence-electron chi connectivity index (χ0n) is 13.6. The lowest BCUT2D eigenvalue weighted by molar-refractivity contribution is -0.122. The first-order valence-electron chi connectivity index (χ1n) is 7.79. The third kappa shape index (κ3) is 5.18. The molecular weight excluding hydrogens is 372 g/mol. The topological polar surface area (TPSA) is 82.9 Å². The van der Waals surface area contributed by atoms with Gasteiger partial charge in [0.25, 0.3) is 0 Å². The molecule has 2 aromatic carbocycles. The molecule has 1 saturated heterocycles. The second-order valence-electron chi connectivity index (χ2n) is 5.42. The number of hydrogen-bond acceptors (Lipinski definition) is 5. The number of benzene rings is 2. The number of anilines is 1. The van der Waals surface area contributed by atoms with E-state index in [0.717, 1.165) is 5.56 Å². The number of amidine groups is 1. The smallest absolute Gasteiger partial charge is 0.240 e. The molecule has 2 aromatic rings. The molecule has 8 heteroatoms. The molecule has 0 spiro atoms. The largest absolute Gasteiger partial charge is 0.326 e. The monoisotopic (exact) mass is 386 g/mol. The normalized spacial score (nSPS) is 18.3. The van der Waals surface area contributed by atoms with E-state index >= 15 is 0 Å². The first-order valence-corrected chi connectivity index (χ1v) is 9.05. The number of nitrogens with one attached hydrogen (secondary N) is 2. The van der Waals surface area contributed by atoms with Crippen molar-refractivity contribution >= 4 is 52.2 Å². The average molecular weight is 387 g/mol. The maximum atomic E-state index is 12.1. The molecule has 0 aromatic heterocycles. The molecule has 1 aliphatic heterocycles. The zero-order valence-corrected chi connectivity index (χ0v) is 15.1. The van der Waals surface area contributed by atoms with Crippen LogP contribution in [0.1, 0.15) is 12.0 Å². The summed E-state index contributed by atoms with van der Waals surface area (Å²) in [5, 5.41) is 13.8. The molecule has 1 atom stereocenters. The summed E-state index contributed by atoms with van der Waals surface area (Å²) < 4.78 is 0. The molecule has 132 valence electrons. The van der Waals surface area contributed by atoms with Gasteiger partial charge in [-0.2, -0.15) is 5.10 Å². The van der Waals surface area contributed by atoms with Gasteiger partial charge in [0.05, 0.1) is 6.21 Å². The van der Waals surface area contributed by atoms with Gasteiger partial charge in [-0.05, 0) is 29.8 Å². The summed E-state index contributed by atoms with van der Waals surface area (Å²) in [6, 6.07) is 16.2. The fourth-order valence-electron chi connectivity index (χ4n) is 2.19. The zero-order chi connectivity index (χ0) is 18.4. The number of carbonyl (C=O) groups is 2. The molecule has 0 saturated carbocycles. The highest BCUT2D eigenvalue weighted by Crippen LogP contribution is 2.23. The summed E-state index contributed by atoms with van der Waals surface area (Å²) in [5.41, 5.74) is 1.54. The Hall–Kier alpha value is -2.64. The van der Waals surface area contributed by atoms with Crippen LogP contribution in [-0.4, -0.2) is 28.4 Å². The van der Waals surface area contributed by atoms with Gasteiger partial charge in [0.15, 0.2) is 5.17 Å². The van der Waals surface area contributed by atoms with E-state index in [1.807, 2.05) is 30.3 Å². The van der Waals surface area contributed by atoms with E-state index in [1.165, 1.54) is 11.8 Å². The predicted molar refractivity (Wildman–Crippen MR) is 106 cm³/mol. The maximum absolute atomic E-state index is 12.1. The van der Waals surface area contributed by atoms with E-state index in [2.05, 4.69) is 20.8 Å². The first-order chi connectivity index (χ1) is 12.6. The highest BCUT2D eigenvalue weighted by molar-refractivity contribution is 8.15. The number of thioether (sulfide) groups is 1. The van der Waals surface area contributed by atoms with Crippen molar-refractivity contribution in [3.63, 3.8) is 0 Å². The van der Waals surface area contributed by atoms with Crippen LogP contribution in [0.4, 0.5) is 5.69 Å². The van der Waals surface area contributed by atoms with E-state index in [9.17, 15) is 9.59 Å². The van der Waals surface area contributed by atoms with Gasteiger partial charge in [0.2, 0.25) is 11.8 Å². The lowest BCUT2D eigenvalue weighted by Gasteiger charge is -2.06. The van der Waals surface area contributed by atoms with Crippen molar-refractivity contribution in [1.29, 1.82) is 0 Å². The molecule has 1 aliphatic rings. The number of amides is 2. The van der Waals surface area contributed by atoms with Crippen molar-refractivity contribution in [2.75, 3.05) is 5.32 Å². The number of rotatable bonds is 5. The van der Waals surface area contributed by atoms with Crippen LogP contribution in [0.3, 0.4) is 0 Å². The average Bonchev–Trinajstić information content (AvgIpc) is 2.97. The van der Waals surface area contributed by atoms with Crippen molar-refractivity contribution in [2.45, 2.75) is 11.7 Å². The van der Waals surface area contributed by atoms with Gasteiger partial charge in [-0.3, -0.25) is 9.59 Å². The van der Waals surface area contributed by atoms with Gasteiger partial charge in [0.1, 0.15) is 5.25 Å². The van der Waals surface area contributed by atoms with Gasteiger partial charge in [0, 0.05) is 17.1 Å². The minimum Gasteiger partial charge on any atom is -0.326 e. The van der Waals surface area contributed by atoms with Gasteiger partial charge >= 0.3 is 0 Å². The molecule has 0 aliphatic carbocycles. The molecule has 2 N–H and O–H groups in total. The molecule has 0 bridgehead atoms. The summed E-state index contributed by atoms with van der Waals surface area (Å²) in [6.45, 7) is 0. The van der Waals surface area contributed by atoms with Gasteiger partial charge in [-0.1, -0.05) is 53.7 Å². The van der Waals surface area contributed by atoms with Crippen LogP contribution in [0.25, 0.3) is 0 Å². The van der Waals surface area contributed by atoms with E-state index in [-0.39, 0.29) is 18.2 Å². The second-order valence-corrected chi connectivity index (χ2v) is 7.04. The Morgan fingerprint density at radius 2 is 1.92 bits per heavy atom. The van der Waals surface area contributed by atoms with Crippen molar-refractivity contribution in [2.24, 2.45) is 10.2 Å². The molecule has 26 heavy (non-hydrogen) atoms. The highest BCUT2D eigenvalue weighted by Gasteiger charge is 2.32. The molecule has 0 unspecified atom stereocenters. The molecule has 0 radical (unpaired) electrons. The summed E-state index contributed by atoms with van der Waals surface area (Å²) in [5.74, 6) is -0.478. The number of hydrogen-bond donors (Lipinski definition) is 2. The van der Waals surface area contributed by atoms with Crippen LogP contribution >= 0.6 is 23.4 Å². The molecule has 2 amide bonds. The van der Waals surface area contributed by atoms with Gasteiger partial charge in [-0.25, -0.2) is 0 Å². The second kappa shape index (κ2) is 8.64. The fraction of sp³-hybridized carbons (Fsp3) is 0.111. The van der Waals surface area contributed by atoms with Gasteiger partial charge in [-0.15, -0.1) is 5.10 Å². The third-order valence-electron chi connectivity index (χ3n) is 3.43. The van der Waals surface area contributed by atoms with E-state index in [1.54, 1.807) is 30.5 Å². The van der Waals surface area contributed by atoms with Crippen LogP contribution < -0.4 is 10.6 Å². The molecule has 3 rings (SSSR count). The quantitative estimate of drug-likeness (QED) is 0.611. The Bertz CT molecular complexity index is 853. The maximum Gasteiger partial charge on any atom is 0.240 e. The standard InChI is InChI=1S/C18H15ClN4O2S/c19-13-8-6-12(7-9-13)11-20-23-18-22-17(25)15(26-18)10-16(24)21-14-4-2-1-3-5-14/h1-9,11,15H,10H2,(H,21,24)(H,22,23,25)/b20-11-/t15-/m0/s1. The third-order valence-corrected chi connectivity index (χ3v) is 4.75. The summed E-state index contributed by atoms with van der Waals surface area (Å²) in [4.78, 5) is 24.0. The van der Waals surface area contributed by atoms with Crippen LogP contribution in [0.15, 0.2) is 64.8 Å². The molecular formula is C18H15ClN4O2S. The molecule has 1 fully saturated rings. The summed E-state index contributed by atoms with van der Waals surface area (Å²) in [6.07, 6.45) is 1.62. The fourth-order valence-corrected chi connectivity index (χ4v) is 3.24. The Kier molecular flexibility index (Phi) is 6.04. The lowest BCUT2D eigenvalue weighted by atomic mass is 10.2. The number of para-hydroxylation sites is 1. The van der Waals surface area contributed by atoms with E-state index < -0.39 is 5.25 Å².